The lowest BCUT2D eigenvalue weighted by molar-refractivity contribution is -0.131. The molecule has 1 heterocycles. The third kappa shape index (κ3) is 3.80. The van der Waals surface area contributed by atoms with Crippen LogP contribution in [0.25, 0.3) is 0 Å². The summed E-state index contributed by atoms with van der Waals surface area (Å²) in [4.78, 5) is 29.5. The van der Waals surface area contributed by atoms with Crippen LogP contribution in [0.1, 0.15) is 24.0 Å². The first kappa shape index (κ1) is 20.1. The molecule has 28 heavy (non-hydrogen) atoms. The Morgan fingerprint density at radius 1 is 1.11 bits per heavy atom. The van der Waals surface area contributed by atoms with Gasteiger partial charge in [0.25, 0.3) is 0 Å². The first-order chi connectivity index (χ1) is 13.5. The molecule has 0 aliphatic carbocycles. The molecule has 2 aromatic carbocycles. The summed E-state index contributed by atoms with van der Waals surface area (Å²) in [6.45, 7) is 1.05. The van der Waals surface area contributed by atoms with Crippen LogP contribution in [0.15, 0.2) is 54.6 Å². The van der Waals surface area contributed by atoms with E-state index in [0.717, 1.165) is 16.8 Å². The smallest absolute Gasteiger partial charge is 0.237 e. The molecule has 0 saturated carbocycles. The molecular formula is C23H28N2O3. The number of rotatable bonds is 8. The van der Waals surface area contributed by atoms with Crippen LogP contribution in [0.3, 0.4) is 0 Å². The number of para-hydroxylation sites is 1. The van der Waals surface area contributed by atoms with Crippen LogP contribution in [0.5, 0.6) is 0 Å². The van der Waals surface area contributed by atoms with E-state index in [0.29, 0.717) is 32.4 Å². The standard InChI is InChI=1S/C23H28N2O3/c1-24(15-16-28-3)21(26)13-14-23(17-18-9-5-4-6-10-18)19-11-7-8-12-20(19)25(2)22(23)27/h4-12H,13-17H2,1-3H3/t23-/m0/s1. The highest BCUT2D eigenvalue weighted by molar-refractivity contribution is 6.08. The highest BCUT2D eigenvalue weighted by atomic mass is 16.5. The maximum absolute atomic E-state index is 13.4. The van der Waals surface area contributed by atoms with E-state index < -0.39 is 5.41 Å². The summed E-state index contributed by atoms with van der Waals surface area (Å²) in [6.07, 6.45) is 1.39. The van der Waals surface area contributed by atoms with Crippen LogP contribution < -0.4 is 4.90 Å². The Balaban J connectivity index is 1.91. The van der Waals surface area contributed by atoms with Crippen LogP contribution in [0.4, 0.5) is 5.69 Å². The first-order valence-corrected chi connectivity index (χ1v) is 9.64. The molecular weight excluding hydrogens is 352 g/mol. The number of hydrogen-bond acceptors (Lipinski definition) is 3. The number of methoxy groups -OCH3 is 1. The van der Waals surface area contributed by atoms with Gasteiger partial charge in [0.15, 0.2) is 0 Å². The summed E-state index contributed by atoms with van der Waals surface area (Å²) in [5, 5.41) is 0. The predicted molar refractivity (Wildman–Crippen MR) is 110 cm³/mol. The number of hydrogen-bond donors (Lipinski definition) is 0. The third-order valence-corrected chi connectivity index (χ3v) is 5.67. The molecule has 5 heteroatoms. The Morgan fingerprint density at radius 2 is 1.79 bits per heavy atom. The van der Waals surface area contributed by atoms with Crippen molar-refractivity contribution in [2.45, 2.75) is 24.7 Å². The first-order valence-electron chi connectivity index (χ1n) is 9.64. The van der Waals surface area contributed by atoms with Gasteiger partial charge in [0.2, 0.25) is 11.8 Å². The van der Waals surface area contributed by atoms with Crippen molar-refractivity contribution in [3.63, 3.8) is 0 Å². The van der Waals surface area contributed by atoms with E-state index in [1.807, 2.05) is 61.6 Å². The van der Waals surface area contributed by atoms with Crippen LogP contribution >= 0.6 is 0 Å². The summed E-state index contributed by atoms with van der Waals surface area (Å²) in [6, 6.07) is 18.0. The normalized spacial score (nSPS) is 18.2. The second kappa shape index (κ2) is 8.57. The molecule has 5 nitrogen and oxygen atoms in total. The minimum atomic E-state index is -0.718. The van der Waals surface area contributed by atoms with Crippen molar-refractivity contribution >= 4 is 17.5 Å². The topological polar surface area (TPSA) is 49.9 Å². The molecule has 0 bridgehead atoms. The van der Waals surface area contributed by atoms with Crippen LogP contribution in [0.2, 0.25) is 0 Å². The maximum Gasteiger partial charge on any atom is 0.237 e. The van der Waals surface area contributed by atoms with E-state index in [-0.39, 0.29) is 11.8 Å². The molecule has 0 saturated heterocycles. The van der Waals surface area contributed by atoms with Gasteiger partial charge in [0.05, 0.1) is 12.0 Å². The van der Waals surface area contributed by atoms with Crippen molar-refractivity contribution in [2.75, 3.05) is 39.3 Å². The minimum Gasteiger partial charge on any atom is -0.383 e. The monoisotopic (exact) mass is 380 g/mol. The molecule has 1 aliphatic rings. The van der Waals surface area contributed by atoms with Crippen molar-refractivity contribution in [3.05, 3.63) is 65.7 Å². The van der Waals surface area contributed by atoms with Gasteiger partial charge in [0.1, 0.15) is 0 Å². The number of nitrogens with zero attached hydrogens (tertiary/aromatic N) is 2. The molecule has 0 radical (unpaired) electrons. The fourth-order valence-electron chi connectivity index (χ4n) is 4.03. The highest BCUT2D eigenvalue weighted by Gasteiger charge is 2.49. The maximum atomic E-state index is 13.4. The van der Waals surface area contributed by atoms with E-state index in [9.17, 15) is 9.59 Å². The second-order valence-electron chi connectivity index (χ2n) is 7.43. The number of fused-ring (bicyclic) bond motifs is 1. The van der Waals surface area contributed by atoms with Gasteiger partial charge in [0, 0.05) is 39.9 Å². The van der Waals surface area contributed by atoms with Crippen LogP contribution in [-0.2, 0) is 26.2 Å². The predicted octanol–water partition coefficient (Wildman–Crippen LogP) is 3.03. The van der Waals surface area contributed by atoms with Crippen molar-refractivity contribution in [3.8, 4) is 0 Å². The molecule has 1 atom stereocenters. The molecule has 2 aromatic rings. The van der Waals surface area contributed by atoms with Crippen LogP contribution in [-0.4, -0.2) is 51.1 Å². The molecule has 0 N–H and O–H groups in total. The SMILES string of the molecule is COCCN(C)C(=O)CC[C@@]1(Cc2ccccc2)C(=O)N(C)c2ccccc21. The summed E-state index contributed by atoms with van der Waals surface area (Å²) >= 11 is 0. The zero-order valence-electron chi connectivity index (χ0n) is 16.9. The van der Waals surface area contributed by atoms with E-state index in [1.54, 1.807) is 24.0 Å². The van der Waals surface area contributed by atoms with Crippen molar-refractivity contribution in [1.82, 2.24) is 4.90 Å². The van der Waals surface area contributed by atoms with Gasteiger partial charge in [-0.15, -0.1) is 0 Å². The molecule has 2 amide bonds. The van der Waals surface area contributed by atoms with Gasteiger partial charge in [-0.2, -0.15) is 0 Å². The van der Waals surface area contributed by atoms with E-state index in [4.69, 9.17) is 4.74 Å². The zero-order valence-corrected chi connectivity index (χ0v) is 16.9. The molecule has 0 fully saturated rings. The van der Waals surface area contributed by atoms with E-state index in [1.165, 1.54) is 0 Å². The third-order valence-electron chi connectivity index (χ3n) is 5.67. The quantitative estimate of drug-likeness (QED) is 0.707. The average Bonchev–Trinajstić information content (AvgIpc) is 2.93. The second-order valence-corrected chi connectivity index (χ2v) is 7.43. The number of amides is 2. The number of benzene rings is 2. The molecule has 0 unspecified atom stereocenters. The molecule has 148 valence electrons. The van der Waals surface area contributed by atoms with Gasteiger partial charge < -0.3 is 14.5 Å². The number of anilines is 1. The van der Waals surface area contributed by atoms with Crippen molar-refractivity contribution in [1.29, 1.82) is 0 Å². The Hall–Kier alpha value is -2.66. The molecule has 1 aliphatic heterocycles. The molecule has 0 spiro atoms. The summed E-state index contributed by atoms with van der Waals surface area (Å²) in [5.41, 5.74) is 2.33. The largest absolute Gasteiger partial charge is 0.383 e. The van der Waals surface area contributed by atoms with Gasteiger partial charge >= 0.3 is 0 Å². The van der Waals surface area contributed by atoms with E-state index >= 15 is 0 Å². The Labute approximate surface area is 166 Å². The number of carbonyl (C=O) groups excluding carboxylic acids is 2. The Bertz CT molecular complexity index is 837. The Morgan fingerprint density at radius 3 is 2.50 bits per heavy atom. The summed E-state index contributed by atoms with van der Waals surface area (Å²) in [5.74, 6) is 0.0919. The van der Waals surface area contributed by atoms with Gasteiger partial charge in [-0.25, -0.2) is 0 Å². The fraction of sp³-hybridized carbons (Fsp3) is 0.391. The van der Waals surface area contributed by atoms with Crippen molar-refractivity contribution < 1.29 is 14.3 Å². The lowest BCUT2D eigenvalue weighted by Gasteiger charge is -2.29. The Kier molecular flexibility index (Phi) is 6.15. The van der Waals surface area contributed by atoms with Gasteiger partial charge in [-0.05, 0) is 30.0 Å². The highest BCUT2D eigenvalue weighted by Crippen LogP contribution is 2.46. The number of likely N-dealkylation sites (N-methyl/N-ethyl adjacent to an activating group) is 2. The van der Waals surface area contributed by atoms with Gasteiger partial charge in [-0.3, -0.25) is 9.59 Å². The van der Waals surface area contributed by atoms with E-state index in [2.05, 4.69) is 0 Å². The number of carbonyl (C=O) groups is 2. The summed E-state index contributed by atoms with van der Waals surface area (Å²) < 4.78 is 5.06. The molecule has 3 rings (SSSR count). The molecule has 0 aromatic heterocycles. The minimum absolute atomic E-state index is 0.0318. The number of ether oxygens (including phenoxy) is 1. The zero-order chi connectivity index (χ0) is 20.1. The van der Waals surface area contributed by atoms with Crippen LogP contribution in [0, 0.1) is 0 Å². The summed E-state index contributed by atoms with van der Waals surface area (Å²) in [7, 11) is 5.22. The fourth-order valence-corrected chi connectivity index (χ4v) is 4.03. The van der Waals surface area contributed by atoms with Gasteiger partial charge in [-0.1, -0.05) is 48.5 Å². The van der Waals surface area contributed by atoms with Crippen molar-refractivity contribution in [2.24, 2.45) is 0 Å². The lowest BCUT2D eigenvalue weighted by atomic mass is 9.73. The lowest BCUT2D eigenvalue weighted by Crippen LogP contribution is -2.42. The average molecular weight is 380 g/mol.